The first kappa shape index (κ1) is 18.3. The molecule has 1 saturated heterocycles. The van der Waals surface area contributed by atoms with Crippen LogP contribution in [-0.2, 0) is 0 Å². The lowest BCUT2D eigenvalue weighted by atomic mass is 10.2. The van der Waals surface area contributed by atoms with Gasteiger partial charge in [-0.05, 0) is 37.2 Å². The minimum absolute atomic E-state index is 0.0698. The summed E-state index contributed by atoms with van der Waals surface area (Å²) >= 11 is 6.02. The molecule has 0 radical (unpaired) electrons. The zero-order valence-electron chi connectivity index (χ0n) is 14.7. The standard InChI is InChI=1S/C17H20ClN5O3/c1-3-21-6-8-22(9-7-21)16-15(23(24)25)17(20-11-19-16)26-13-4-5-14(18)12(2)10-13/h4-5,10-11H,3,6-9H2,1-2H3. The van der Waals surface area contributed by atoms with Gasteiger partial charge >= 0.3 is 11.6 Å². The van der Waals surface area contributed by atoms with Crippen LogP contribution in [0.25, 0.3) is 0 Å². The van der Waals surface area contributed by atoms with Crippen molar-refractivity contribution in [2.75, 3.05) is 37.6 Å². The van der Waals surface area contributed by atoms with Crippen LogP contribution in [0, 0.1) is 17.0 Å². The number of ether oxygens (including phenoxy) is 1. The Labute approximate surface area is 156 Å². The number of aryl methyl sites for hydroxylation is 1. The Morgan fingerprint density at radius 3 is 2.62 bits per heavy atom. The van der Waals surface area contributed by atoms with Crippen LogP contribution in [0.3, 0.4) is 0 Å². The lowest BCUT2D eigenvalue weighted by Crippen LogP contribution is -2.46. The summed E-state index contributed by atoms with van der Waals surface area (Å²) in [7, 11) is 0. The molecule has 0 amide bonds. The minimum atomic E-state index is -0.486. The molecule has 1 fully saturated rings. The van der Waals surface area contributed by atoms with Crippen molar-refractivity contribution < 1.29 is 9.66 Å². The molecule has 0 N–H and O–H groups in total. The van der Waals surface area contributed by atoms with Gasteiger partial charge in [-0.1, -0.05) is 18.5 Å². The average molecular weight is 378 g/mol. The van der Waals surface area contributed by atoms with Crippen LogP contribution in [0.1, 0.15) is 12.5 Å². The molecular weight excluding hydrogens is 358 g/mol. The Morgan fingerprint density at radius 1 is 1.27 bits per heavy atom. The van der Waals surface area contributed by atoms with E-state index in [4.69, 9.17) is 16.3 Å². The van der Waals surface area contributed by atoms with Crippen LogP contribution in [0.2, 0.25) is 5.02 Å². The average Bonchev–Trinajstić information content (AvgIpc) is 2.64. The van der Waals surface area contributed by atoms with Gasteiger partial charge in [0.1, 0.15) is 12.1 Å². The van der Waals surface area contributed by atoms with Crippen LogP contribution >= 0.6 is 11.6 Å². The molecule has 3 rings (SSSR count). The summed E-state index contributed by atoms with van der Waals surface area (Å²) in [6.07, 6.45) is 1.30. The maximum absolute atomic E-state index is 11.7. The molecule has 0 unspecified atom stereocenters. The molecule has 1 aliphatic rings. The van der Waals surface area contributed by atoms with Crippen molar-refractivity contribution in [2.45, 2.75) is 13.8 Å². The maximum Gasteiger partial charge on any atom is 0.373 e. The van der Waals surface area contributed by atoms with Crippen molar-refractivity contribution in [3.8, 4) is 11.6 Å². The molecule has 138 valence electrons. The van der Waals surface area contributed by atoms with E-state index in [1.165, 1.54) is 6.33 Å². The number of aromatic nitrogens is 2. The van der Waals surface area contributed by atoms with E-state index in [0.29, 0.717) is 29.7 Å². The van der Waals surface area contributed by atoms with Gasteiger partial charge in [0, 0.05) is 31.2 Å². The van der Waals surface area contributed by atoms with E-state index < -0.39 is 4.92 Å². The molecule has 0 spiro atoms. The van der Waals surface area contributed by atoms with E-state index in [-0.39, 0.29) is 11.6 Å². The Kier molecular flexibility index (Phi) is 5.53. The van der Waals surface area contributed by atoms with Gasteiger partial charge in [0.15, 0.2) is 0 Å². The molecule has 26 heavy (non-hydrogen) atoms. The number of likely N-dealkylation sites (N-methyl/N-ethyl adjacent to an activating group) is 1. The predicted octanol–water partition coefficient (Wildman–Crippen LogP) is 3.28. The van der Waals surface area contributed by atoms with Crippen molar-refractivity contribution in [3.63, 3.8) is 0 Å². The van der Waals surface area contributed by atoms with Crippen LogP contribution in [-0.4, -0.2) is 52.5 Å². The zero-order chi connectivity index (χ0) is 18.7. The summed E-state index contributed by atoms with van der Waals surface area (Å²) in [5.41, 5.74) is 0.599. The van der Waals surface area contributed by atoms with E-state index in [2.05, 4.69) is 21.8 Å². The van der Waals surface area contributed by atoms with Crippen molar-refractivity contribution in [3.05, 3.63) is 45.2 Å². The molecule has 2 aromatic rings. The quantitative estimate of drug-likeness (QED) is 0.583. The third-order valence-corrected chi connectivity index (χ3v) is 4.84. The highest BCUT2D eigenvalue weighted by Gasteiger charge is 2.30. The van der Waals surface area contributed by atoms with E-state index in [1.54, 1.807) is 18.2 Å². The third kappa shape index (κ3) is 3.86. The van der Waals surface area contributed by atoms with Gasteiger partial charge in [0.25, 0.3) is 0 Å². The molecule has 9 heteroatoms. The number of rotatable bonds is 5. The van der Waals surface area contributed by atoms with Crippen molar-refractivity contribution in [2.24, 2.45) is 0 Å². The van der Waals surface area contributed by atoms with Crippen LogP contribution in [0.15, 0.2) is 24.5 Å². The van der Waals surface area contributed by atoms with Crippen molar-refractivity contribution in [1.82, 2.24) is 14.9 Å². The summed E-state index contributed by atoms with van der Waals surface area (Å²) in [5, 5.41) is 12.3. The fourth-order valence-electron chi connectivity index (χ4n) is 2.89. The molecular formula is C17H20ClN5O3. The van der Waals surface area contributed by atoms with Gasteiger partial charge in [-0.2, -0.15) is 4.98 Å². The zero-order valence-corrected chi connectivity index (χ0v) is 15.4. The number of benzene rings is 1. The van der Waals surface area contributed by atoms with Gasteiger partial charge in [-0.3, -0.25) is 10.1 Å². The summed E-state index contributed by atoms with van der Waals surface area (Å²) in [4.78, 5) is 23.6. The van der Waals surface area contributed by atoms with Gasteiger partial charge < -0.3 is 14.5 Å². The van der Waals surface area contributed by atoms with Crippen molar-refractivity contribution >= 4 is 23.1 Å². The number of nitrogens with zero attached hydrogens (tertiary/aromatic N) is 5. The first-order valence-electron chi connectivity index (χ1n) is 8.40. The number of hydrogen-bond donors (Lipinski definition) is 0. The lowest BCUT2D eigenvalue weighted by Gasteiger charge is -2.34. The van der Waals surface area contributed by atoms with Crippen LogP contribution < -0.4 is 9.64 Å². The minimum Gasteiger partial charge on any atom is -0.434 e. The fourth-order valence-corrected chi connectivity index (χ4v) is 3.01. The summed E-state index contributed by atoms with van der Waals surface area (Å²) in [6.45, 7) is 7.92. The Bertz CT molecular complexity index is 809. The fraction of sp³-hybridized carbons (Fsp3) is 0.412. The summed E-state index contributed by atoms with van der Waals surface area (Å²) < 4.78 is 5.69. The highest BCUT2D eigenvalue weighted by atomic mass is 35.5. The molecule has 1 aromatic heterocycles. The highest BCUT2D eigenvalue weighted by Crippen LogP contribution is 2.36. The number of halogens is 1. The van der Waals surface area contributed by atoms with E-state index in [1.807, 2.05) is 11.8 Å². The summed E-state index contributed by atoms with van der Waals surface area (Å²) in [5.74, 6) is 0.663. The number of piperazine rings is 1. The van der Waals surface area contributed by atoms with Gasteiger partial charge in [-0.25, -0.2) is 4.98 Å². The Morgan fingerprint density at radius 2 is 2.00 bits per heavy atom. The van der Waals surface area contributed by atoms with Crippen molar-refractivity contribution in [1.29, 1.82) is 0 Å². The number of anilines is 1. The first-order chi connectivity index (χ1) is 12.5. The molecule has 1 aliphatic heterocycles. The second kappa shape index (κ2) is 7.84. The normalized spacial score (nSPS) is 15.1. The monoisotopic (exact) mass is 377 g/mol. The Hall–Kier alpha value is -2.45. The van der Waals surface area contributed by atoms with Gasteiger partial charge in [0.2, 0.25) is 5.82 Å². The predicted molar refractivity (Wildman–Crippen MR) is 99.3 cm³/mol. The van der Waals surface area contributed by atoms with Crippen LogP contribution in [0.4, 0.5) is 11.5 Å². The van der Waals surface area contributed by atoms with E-state index in [9.17, 15) is 10.1 Å². The molecule has 0 saturated carbocycles. The van der Waals surface area contributed by atoms with E-state index >= 15 is 0 Å². The molecule has 0 atom stereocenters. The van der Waals surface area contributed by atoms with Gasteiger partial charge in [0.05, 0.1) is 4.92 Å². The highest BCUT2D eigenvalue weighted by molar-refractivity contribution is 6.31. The first-order valence-corrected chi connectivity index (χ1v) is 8.78. The number of nitro groups is 1. The van der Waals surface area contributed by atoms with Gasteiger partial charge in [-0.15, -0.1) is 0 Å². The lowest BCUT2D eigenvalue weighted by molar-refractivity contribution is -0.385. The van der Waals surface area contributed by atoms with Crippen LogP contribution in [0.5, 0.6) is 11.6 Å². The largest absolute Gasteiger partial charge is 0.434 e. The molecule has 8 nitrogen and oxygen atoms in total. The SMILES string of the molecule is CCN1CCN(c2ncnc(Oc3ccc(Cl)c(C)c3)c2[N+](=O)[O-])CC1. The number of hydrogen-bond acceptors (Lipinski definition) is 7. The summed E-state index contributed by atoms with van der Waals surface area (Å²) in [6, 6.07) is 5.05. The molecule has 0 bridgehead atoms. The second-order valence-electron chi connectivity index (χ2n) is 6.04. The van der Waals surface area contributed by atoms with E-state index in [0.717, 1.165) is 25.2 Å². The molecule has 2 heterocycles. The molecule has 1 aromatic carbocycles. The topological polar surface area (TPSA) is 84.6 Å². The smallest absolute Gasteiger partial charge is 0.373 e. The Balaban J connectivity index is 1.91. The second-order valence-corrected chi connectivity index (χ2v) is 6.45. The molecule has 0 aliphatic carbocycles. The maximum atomic E-state index is 11.7. The third-order valence-electron chi connectivity index (χ3n) is 4.41.